The van der Waals surface area contributed by atoms with Gasteiger partial charge >= 0.3 is 0 Å². The summed E-state index contributed by atoms with van der Waals surface area (Å²) in [6, 6.07) is 4.82. The van der Waals surface area contributed by atoms with Gasteiger partial charge in [-0.3, -0.25) is 0 Å². The van der Waals surface area contributed by atoms with Crippen molar-refractivity contribution >= 4 is 5.57 Å². The largest absolute Gasteiger partial charge is 0.0996 e. The zero-order valence-electron chi connectivity index (χ0n) is 29.8. The van der Waals surface area contributed by atoms with Crippen LogP contribution in [-0.2, 0) is 6.42 Å². The zero-order chi connectivity index (χ0) is 32.6. The molecule has 0 saturated heterocycles. The van der Waals surface area contributed by atoms with E-state index in [9.17, 15) is 0 Å². The lowest BCUT2D eigenvalue weighted by Gasteiger charge is -2.67. The van der Waals surface area contributed by atoms with Gasteiger partial charge in [-0.25, -0.2) is 0 Å². The maximum absolute atomic E-state index is 4.93. The maximum Gasteiger partial charge on any atom is 0.0196 e. The fraction of sp³-hybridized carbons (Fsp3) is 0.535. The first-order valence-electron chi connectivity index (χ1n) is 16.8. The van der Waals surface area contributed by atoms with Gasteiger partial charge in [-0.15, -0.1) is 0 Å². The average molecular weight is 577 g/mol. The number of rotatable bonds is 8. The van der Waals surface area contributed by atoms with E-state index >= 15 is 0 Å². The highest BCUT2D eigenvalue weighted by Gasteiger charge is 2.64. The Balaban J connectivity index is 1.86. The van der Waals surface area contributed by atoms with Gasteiger partial charge in [0.1, 0.15) is 0 Å². The Morgan fingerprint density at radius 3 is 2.14 bits per heavy atom. The normalized spacial score (nSPS) is 31.1. The predicted molar refractivity (Wildman–Crippen MR) is 191 cm³/mol. The van der Waals surface area contributed by atoms with Crippen molar-refractivity contribution in [3.63, 3.8) is 0 Å². The van der Waals surface area contributed by atoms with E-state index in [0.717, 1.165) is 31.3 Å². The minimum absolute atomic E-state index is 0.0216. The Morgan fingerprint density at radius 2 is 1.60 bits per heavy atom. The number of allylic oxidation sites excluding steroid dienone is 9. The Bertz CT molecular complexity index is 1500. The Kier molecular flexibility index (Phi) is 8.58. The highest BCUT2D eigenvalue weighted by Crippen LogP contribution is 2.74. The molecular weight excluding hydrogens is 516 g/mol. The topological polar surface area (TPSA) is 0 Å². The van der Waals surface area contributed by atoms with Gasteiger partial charge in [0.2, 0.25) is 0 Å². The summed E-state index contributed by atoms with van der Waals surface area (Å²) in [7, 11) is 0. The summed E-state index contributed by atoms with van der Waals surface area (Å²) < 4.78 is 0. The fourth-order valence-corrected chi connectivity index (χ4v) is 10.1. The summed E-state index contributed by atoms with van der Waals surface area (Å²) in [5.74, 6) is 1.87. The second kappa shape index (κ2) is 11.1. The first-order chi connectivity index (χ1) is 19.8. The SMILES string of the molecule is C=C(Cc1ccc2c(c1C)C(=C)C1=C(C)[C@@]3(C)C(=C)C(C(=C)C)=C(C)C[C@@]3(C)[C@H](C)[C@@]1(C)[C@@H]2C)CC(C(=C)CC)C(C)C. The van der Waals surface area contributed by atoms with Gasteiger partial charge < -0.3 is 0 Å². The first-order valence-corrected chi connectivity index (χ1v) is 16.8. The van der Waals surface area contributed by atoms with Crippen molar-refractivity contribution in [2.45, 2.75) is 115 Å². The zero-order valence-corrected chi connectivity index (χ0v) is 29.8. The van der Waals surface area contributed by atoms with Gasteiger partial charge in [-0.2, -0.15) is 0 Å². The molecule has 43 heavy (non-hydrogen) atoms. The van der Waals surface area contributed by atoms with Crippen LogP contribution in [0.4, 0.5) is 0 Å². The van der Waals surface area contributed by atoms with Crippen LogP contribution in [-0.4, -0.2) is 0 Å². The second-order valence-electron chi connectivity index (χ2n) is 15.6. The van der Waals surface area contributed by atoms with Crippen molar-refractivity contribution in [1.82, 2.24) is 0 Å². The van der Waals surface area contributed by atoms with E-state index in [0.29, 0.717) is 23.7 Å². The number of hydrogen-bond donors (Lipinski definition) is 0. The molecule has 6 atom stereocenters. The van der Waals surface area contributed by atoms with Crippen molar-refractivity contribution in [3.05, 3.63) is 112 Å². The molecule has 0 saturated carbocycles. The van der Waals surface area contributed by atoms with Gasteiger partial charge in [-0.05, 0) is 127 Å². The third-order valence-electron chi connectivity index (χ3n) is 13.4. The molecule has 1 aromatic carbocycles. The summed E-state index contributed by atoms with van der Waals surface area (Å²) in [6.07, 6.45) is 4.02. The van der Waals surface area contributed by atoms with Crippen molar-refractivity contribution in [3.8, 4) is 0 Å². The Morgan fingerprint density at radius 1 is 1.00 bits per heavy atom. The van der Waals surface area contributed by atoms with E-state index in [1.54, 1.807) is 0 Å². The highest BCUT2D eigenvalue weighted by molar-refractivity contribution is 5.88. The van der Waals surface area contributed by atoms with Gasteiger partial charge in [0.05, 0.1) is 0 Å². The van der Waals surface area contributed by atoms with Crippen LogP contribution >= 0.6 is 0 Å². The molecule has 0 heteroatoms. The van der Waals surface area contributed by atoms with E-state index < -0.39 is 0 Å². The predicted octanol–water partition coefficient (Wildman–Crippen LogP) is 12.7. The average Bonchev–Trinajstić information content (AvgIpc) is 2.92. The molecule has 232 valence electrons. The quantitative estimate of drug-likeness (QED) is 0.270. The Hall–Kier alpha value is -2.60. The second-order valence-corrected chi connectivity index (χ2v) is 15.6. The summed E-state index contributed by atoms with van der Waals surface area (Å²) in [6.45, 7) is 51.7. The van der Waals surface area contributed by atoms with Crippen LogP contribution in [0.5, 0.6) is 0 Å². The molecule has 0 heterocycles. The van der Waals surface area contributed by atoms with Gasteiger partial charge in [0.25, 0.3) is 0 Å². The molecule has 0 radical (unpaired) electrons. The molecule has 3 aliphatic carbocycles. The molecule has 0 N–H and O–H groups in total. The molecule has 0 nitrogen and oxygen atoms in total. The summed E-state index contributed by atoms with van der Waals surface area (Å²) in [5, 5.41) is 0. The summed E-state index contributed by atoms with van der Waals surface area (Å²) >= 11 is 0. The molecule has 1 aromatic rings. The van der Waals surface area contributed by atoms with E-state index in [2.05, 4.69) is 115 Å². The van der Waals surface area contributed by atoms with E-state index in [1.165, 1.54) is 66.8 Å². The van der Waals surface area contributed by atoms with E-state index in [-0.39, 0.29) is 16.2 Å². The molecule has 0 aromatic heterocycles. The molecule has 0 fully saturated rings. The molecule has 0 amide bonds. The van der Waals surface area contributed by atoms with E-state index in [1.807, 2.05) is 0 Å². The molecular formula is C43H60. The fourth-order valence-electron chi connectivity index (χ4n) is 10.1. The van der Waals surface area contributed by atoms with Crippen LogP contribution in [0.2, 0.25) is 0 Å². The van der Waals surface area contributed by atoms with Crippen LogP contribution in [0.15, 0.2) is 89.6 Å². The third-order valence-corrected chi connectivity index (χ3v) is 13.4. The van der Waals surface area contributed by atoms with Gasteiger partial charge in [0.15, 0.2) is 0 Å². The monoisotopic (exact) mass is 576 g/mol. The molecule has 0 spiro atoms. The first kappa shape index (κ1) is 33.3. The lowest BCUT2D eigenvalue weighted by atomic mass is 9.37. The van der Waals surface area contributed by atoms with E-state index in [4.69, 9.17) is 13.2 Å². The van der Waals surface area contributed by atoms with Crippen LogP contribution in [0, 0.1) is 40.9 Å². The molecule has 0 aliphatic heterocycles. The maximum atomic E-state index is 4.93. The standard InChI is InChI=1S/C43H60/c1-18-27(7)37(24(2)3)22-26(6)21-35-19-20-36-31(11)42(16)34(14)41(15)23-28(8)38(25(4)5)32(12)43(41,17)33(13)40(42)30(10)39(36)29(35)9/h19-20,24,31,34,37H,4,6-7,10,12,18,21-23H2,1-3,5,8-9,11,13-17H3/t31-,34+,37?,41+,42-,43-/m1/s1. The minimum Gasteiger partial charge on any atom is -0.0996 e. The lowest BCUT2D eigenvalue weighted by Crippen LogP contribution is -2.58. The summed E-state index contributed by atoms with van der Waals surface area (Å²) in [4.78, 5) is 0. The molecule has 4 rings (SSSR count). The molecule has 0 bridgehead atoms. The van der Waals surface area contributed by atoms with Crippen molar-refractivity contribution < 1.29 is 0 Å². The highest BCUT2D eigenvalue weighted by atomic mass is 14.7. The number of hydrogen-bond acceptors (Lipinski definition) is 0. The van der Waals surface area contributed by atoms with Gasteiger partial charge in [-0.1, -0.05) is 128 Å². The summed E-state index contributed by atoms with van der Waals surface area (Å²) in [5.41, 5.74) is 17.4. The van der Waals surface area contributed by atoms with Crippen LogP contribution in [0.3, 0.4) is 0 Å². The van der Waals surface area contributed by atoms with Crippen molar-refractivity contribution in [2.24, 2.45) is 34.0 Å². The van der Waals surface area contributed by atoms with Crippen molar-refractivity contribution in [2.75, 3.05) is 0 Å². The van der Waals surface area contributed by atoms with Crippen LogP contribution in [0.1, 0.15) is 124 Å². The minimum atomic E-state index is -0.164. The van der Waals surface area contributed by atoms with Crippen LogP contribution < -0.4 is 0 Å². The third kappa shape index (κ3) is 4.52. The molecule has 1 unspecified atom stereocenters. The lowest BCUT2D eigenvalue weighted by molar-refractivity contribution is -0.0260. The van der Waals surface area contributed by atoms with Crippen LogP contribution in [0.25, 0.3) is 5.57 Å². The molecule has 3 aliphatic rings. The number of benzene rings is 1. The van der Waals surface area contributed by atoms with Gasteiger partial charge in [0, 0.05) is 10.8 Å². The smallest absolute Gasteiger partial charge is 0.0196 e. The van der Waals surface area contributed by atoms with Crippen molar-refractivity contribution in [1.29, 1.82) is 0 Å². The Labute approximate surface area is 265 Å². The number of fused-ring (bicyclic) bond motifs is 3.